The summed E-state index contributed by atoms with van der Waals surface area (Å²) in [7, 11) is 0. The topological polar surface area (TPSA) is 68.0 Å². The van der Waals surface area contributed by atoms with Gasteiger partial charge < -0.3 is 5.11 Å². The predicted octanol–water partition coefficient (Wildman–Crippen LogP) is 2.83. The molecule has 0 fully saturated rings. The molecule has 0 saturated carbocycles. The van der Waals surface area contributed by atoms with Crippen LogP contribution >= 0.6 is 0 Å². The molecule has 0 saturated heterocycles. The summed E-state index contributed by atoms with van der Waals surface area (Å²) in [5.74, 6) is -1.78. The molecule has 106 valence electrons. The van der Waals surface area contributed by atoms with Gasteiger partial charge in [-0.25, -0.2) is 9.18 Å². The molecule has 1 N–H and O–H groups in total. The van der Waals surface area contributed by atoms with E-state index >= 15 is 0 Å². The molecule has 0 aliphatic heterocycles. The highest BCUT2D eigenvalue weighted by atomic mass is 19.1. The third-order valence-electron chi connectivity index (χ3n) is 2.67. The molecule has 6 heteroatoms. The van der Waals surface area contributed by atoms with Gasteiger partial charge in [-0.05, 0) is 23.6 Å². The number of rotatable bonds is 3. The van der Waals surface area contributed by atoms with Crippen molar-refractivity contribution in [1.82, 2.24) is 15.0 Å². The van der Waals surface area contributed by atoms with Gasteiger partial charge in [0.1, 0.15) is 11.5 Å². The Hall–Kier alpha value is -2.24. The Morgan fingerprint density at radius 1 is 1.40 bits per heavy atom. The Kier molecular flexibility index (Phi) is 3.57. The first-order valence-corrected chi connectivity index (χ1v) is 6.20. The number of aromatic nitrogens is 3. The second-order valence-electron chi connectivity index (χ2n) is 5.86. The summed E-state index contributed by atoms with van der Waals surface area (Å²) in [5.41, 5.74) is 0.587. The molecule has 0 atom stereocenters. The number of hydrogen-bond acceptors (Lipinski definition) is 3. The fourth-order valence-electron chi connectivity index (χ4n) is 1.84. The molecular weight excluding hydrogens is 261 g/mol. The lowest BCUT2D eigenvalue weighted by atomic mass is 9.97. The van der Waals surface area contributed by atoms with Crippen molar-refractivity contribution in [1.29, 1.82) is 0 Å². The van der Waals surface area contributed by atoms with Gasteiger partial charge in [0.15, 0.2) is 0 Å². The Morgan fingerprint density at radius 2 is 2.10 bits per heavy atom. The highest BCUT2D eigenvalue weighted by Gasteiger charge is 2.15. The predicted molar refractivity (Wildman–Crippen MR) is 71.8 cm³/mol. The summed E-state index contributed by atoms with van der Waals surface area (Å²) < 4.78 is 15.6. The van der Waals surface area contributed by atoms with Gasteiger partial charge in [-0.3, -0.25) is 4.68 Å². The molecule has 2 aromatic rings. The van der Waals surface area contributed by atoms with Crippen LogP contribution in [0, 0.1) is 11.2 Å². The van der Waals surface area contributed by atoms with Gasteiger partial charge in [-0.15, -0.1) is 5.10 Å². The molecule has 20 heavy (non-hydrogen) atoms. The fourth-order valence-corrected chi connectivity index (χ4v) is 1.84. The van der Waals surface area contributed by atoms with Crippen LogP contribution in [0.4, 0.5) is 4.39 Å². The molecule has 1 aromatic heterocycles. The SMILES string of the molecule is CC(C)(C)Cn1cc(-c2ccc(C(=O)O)cc2F)nn1. The van der Waals surface area contributed by atoms with Crippen LogP contribution in [0.3, 0.4) is 0 Å². The molecule has 0 radical (unpaired) electrons. The fraction of sp³-hybridized carbons (Fsp3) is 0.357. The van der Waals surface area contributed by atoms with Crippen molar-refractivity contribution < 1.29 is 14.3 Å². The Labute approximate surface area is 116 Å². The molecule has 0 aliphatic rings. The third-order valence-corrected chi connectivity index (χ3v) is 2.67. The van der Waals surface area contributed by atoms with Gasteiger partial charge >= 0.3 is 5.97 Å². The van der Waals surface area contributed by atoms with Gasteiger partial charge in [0.2, 0.25) is 0 Å². The van der Waals surface area contributed by atoms with Crippen LogP contribution in [0.2, 0.25) is 0 Å². The average molecular weight is 277 g/mol. The molecular formula is C14H16FN3O2. The maximum Gasteiger partial charge on any atom is 0.335 e. The van der Waals surface area contributed by atoms with Gasteiger partial charge in [0, 0.05) is 12.1 Å². The summed E-state index contributed by atoms with van der Waals surface area (Å²) in [6.45, 7) is 6.86. The van der Waals surface area contributed by atoms with Crippen LogP contribution in [0.1, 0.15) is 31.1 Å². The quantitative estimate of drug-likeness (QED) is 0.936. The standard InChI is InChI=1S/C14H16FN3O2/c1-14(2,3)8-18-7-12(16-17-18)10-5-4-9(13(19)20)6-11(10)15/h4-7H,8H2,1-3H3,(H,19,20). The van der Waals surface area contributed by atoms with E-state index in [2.05, 4.69) is 31.1 Å². The molecule has 0 bridgehead atoms. The van der Waals surface area contributed by atoms with Crippen LogP contribution in [0.25, 0.3) is 11.3 Å². The summed E-state index contributed by atoms with van der Waals surface area (Å²) in [6, 6.07) is 3.74. The van der Waals surface area contributed by atoms with Gasteiger partial charge in [0.25, 0.3) is 0 Å². The monoisotopic (exact) mass is 277 g/mol. The number of carboxylic acids is 1. The van der Waals surface area contributed by atoms with E-state index in [0.29, 0.717) is 12.2 Å². The van der Waals surface area contributed by atoms with Gasteiger partial charge in [-0.2, -0.15) is 0 Å². The van der Waals surface area contributed by atoms with Crippen molar-refractivity contribution in [3.63, 3.8) is 0 Å². The highest BCUT2D eigenvalue weighted by Crippen LogP contribution is 2.23. The second-order valence-corrected chi connectivity index (χ2v) is 5.86. The number of hydrogen-bond donors (Lipinski definition) is 1. The molecule has 1 aromatic carbocycles. The first-order chi connectivity index (χ1) is 9.26. The van der Waals surface area contributed by atoms with E-state index < -0.39 is 11.8 Å². The van der Waals surface area contributed by atoms with E-state index in [1.807, 2.05) is 0 Å². The van der Waals surface area contributed by atoms with Crippen molar-refractivity contribution >= 4 is 5.97 Å². The van der Waals surface area contributed by atoms with Gasteiger partial charge in [0.05, 0.1) is 11.8 Å². The second kappa shape index (κ2) is 5.03. The third kappa shape index (κ3) is 3.20. The minimum atomic E-state index is -1.16. The van der Waals surface area contributed by atoms with Crippen LogP contribution in [-0.2, 0) is 6.54 Å². The molecule has 1 heterocycles. The number of benzene rings is 1. The first-order valence-electron chi connectivity index (χ1n) is 6.20. The first kappa shape index (κ1) is 14.2. The molecule has 0 amide bonds. The minimum absolute atomic E-state index is 0.0384. The molecule has 2 rings (SSSR count). The van der Waals surface area contributed by atoms with Crippen molar-refractivity contribution in [2.75, 3.05) is 0 Å². The average Bonchev–Trinajstić information content (AvgIpc) is 2.74. The number of nitrogens with zero attached hydrogens (tertiary/aromatic N) is 3. The summed E-state index contributed by atoms with van der Waals surface area (Å²) in [6.07, 6.45) is 1.66. The zero-order chi connectivity index (χ0) is 14.9. The zero-order valence-electron chi connectivity index (χ0n) is 11.6. The van der Waals surface area contributed by atoms with E-state index in [-0.39, 0.29) is 16.5 Å². The smallest absolute Gasteiger partial charge is 0.335 e. The van der Waals surface area contributed by atoms with E-state index in [1.165, 1.54) is 12.1 Å². The van der Waals surface area contributed by atoms with Crippen molar-refractivity contribution in [2.24, 2.45) is 5.41 Å². The number of halogens is 1. The number of carbonyl (C=O) groups is 1. The van der Waals surface area contributed by atoms with E-state index in [0.717, 1.165) is 6.07 Å². The normalized spacial score (nSPS) is 11.6. The molecule has 0 aliphatic carbocycles. The number of carboxylic acid groups (broad SMARTS) is 1. The Morgan fingerprint density at radius 3 is 2.65 bits per heavy atom. The van der Waals surface area contributed by atoms with Gasteiger partial charge in [-0.1, -0.05) is 26.0 Å². The lowest BCUT2D eigenvalue weighted by molar-refractivity contribution is 0.0696. The summed E-state index contributed by atoms with van der Waals surface area (Å²) >= 11 is 0. The Bertz CT molecular complexity index is 644. The number of aromatic carboxylic acids is 1. The van der Waals surface area contributed by atoms with Crippen molar-refractivity contribution in [2.45, 2.75) is 27.3 Å². The molecule has 5 nitrogen and oxygen atoms in total. The van der Waals surface area contributed by atoms with Crippen LogP contribution in [-0.4, -0.2) is 26.1 Å². The summed E-state index contributed by atoms with van der Waals surface area (Å²) in [5, 5.41) is 16.7. The molecule has 0 spiro atoms. The lowest BCUT2D eigenvalue weighted by Crippen LogP contribution is -2.15. The van der Waals surface area contributed by atoms with Crippen LogP contribution in [0.5, 0.6) is 0 Å². The zero-order valence-corrected chi connectivity index (χ0v) is 11.6. The Balaban J connectivity index is 2.31. The maximum absolute atomic E-state index is 13.9. The van der Waals surface area contributed by atoms with Crippen LogP contribution in [0.15, 0.2) is 24.4 Å². The minimum Gasteiger partial charge on any atom is -0.478 e. The summed E-state index contributed by atoms with van der Waals surface area (Å²) in [4.78, 5) is 10.8. The van der Waals surface area contributed by atoms with Crippen LogP contribution < -0.4 is 0 Å². The van der Waals surface area contributed by atoms with E-state index in [4.69, 9.17) is 5.11 Å². The highest BCUT2D eigenvalue weighted by molar-refractivity contribution is 5.88. The van der Waals surface area contributed by atoms with E-state index in [9.17, 15) is 9.18 Å². The molecule has 0 unspecified atom stereocenters. The van der Waals surface area contributed by atoms with Crippen molar-refractivity contribution in [3.8, 4) is 11.3 Å². The largest absolute Gasteiger partial charge is 0.478 e. The lowest BCUT2D eigenvalue weighted by Gasteiger charge is -2.16. The van der Waals surface area contributed by atoms with Crippen molar-refractivity contribution in [3.05, 3.63) is 35.8 Å². The van der Waals surface area contributed by atoms with E-state index in [1.54, 1.807) is 10.9 Å². The maximum atomic E-state index is 13.9.